The van der Waals surface area contributed by atoms with Crippen molar-refractivity contribution in [2.45, 2.75) is 50.6 Å². The number of carbonyl (C=O) groups excluding carboxylic acids is 2. The monoisotopic (exact) mass is 665 g/mol. The highest BCUT2D eigenvalue weighted by molar-refractivity contribution is 7.92. The van der Waals surface area contributed by atoms with E-state index in [0.29, 0.717) is 6.54 Å². The van der Waals surface area contributed by atoms with E-state index in [4.69, 9.17) is 23.2 Å². The zero-order valence-electron chi connectivity index (χ0n) is 25.3. The quantitative estimate of drug-likeness (QED) is 0.146. The number of hydrogen-bond acceptors (Lipinski definition) is 4. The number of sulfonamides is 1. The normalized spacial score (nSPS) is 11.9. The second-order valence-electron chi connectivity index (χ2n) is 10.8. The lowest BCUT2D eigenvalue weighted by atomic mass is 10.0. The Morgan fingerprint density at radius 1 is 0.822 bits per heavy atom. The molecule has 0 bridgehead atoms. The second kappa shape index (κ2) is 15.9. The summed E-state index contributed by atoms with van der Waals surface area (Å²) in [4.78, 5) is 29.8. The molecule has 0 fully saturated rings. The van der Waals surface area contributed by atoms with Crippen molar-refractivity contribution < 1.29 is 18.0 Å². The molecule has 0 aliphatic carbocycles. The molecule has 0 spiro atoms. The highest BCUT2D eigenvalue weighted by Crippen LogP contribution is 2.31. The number of anilines is 1. The van der Waals surface area contributed by atoms with E-state index in [-0.39, 0.29) is 39.5 Å². The van der Waals surface area contributed by atoms with Crippen LogP contribution in [0.2, 0.25) is 10.0 Å². The summed E-state index contributed by atoms with van der Waals surface area (Å²) in [6.45, 7) is 3.99. The highest BCUT2D eigenvalue weighted by atomic mass is 35.5. The molecular formula is C35H37Cl2N3O4S. The van der Waals surface area contributed by atoms with Crippen LogP contribution < -0.4 is 9.62 Å². The van der Waals surface area contributed by atoms with Gasteiger partial charge in [0.15, 0.2) is 0 Å². The first-order chi connectivity index (χ1) is 21.6. The predicted octanol–water partition coefficient (Wildman–Crippen LogP) is 7.05. The summed E-state index contributed by atoms with van der Waals surface area (Å²) in [6.07, 6.45) is 1.93. The Balaban J connectivity index is 1.79. The molecule has 0 heterocycles. The van der Waals surface area contributed by atoms with E-state index < -0.39 is 28.5 Å². The third-order valence-corrected chi connectivity index (χ3v) is 9.90. The zero-order chi connectivity index (χ0) is 32.4. The fourth-order valence-electron chi connectivity index (χ4n) is 4.84. The molecule has 0 saturated heterocycles. The van der Waals surface area contributed by atoms with Gasteiger partial charge in [0.25, 0.3) is 10.0 Å². The summed E-state index contributed by atoms with van der Waals surface area (Å²) in [7, 11) is -4.23. The van der Waals surface area contributed by atoms with Crippen molar-refractivity contribution in [3.05, 3.63) is 130 Å². The molecule has 4 aromatic carbocycles. The standard InChI is InChI=1S/C35H37Cl2N3O4S/c1-3-4-21-38-35(42)33(22-27-11-7-5-8-12-27)39(24-28-17-15-26(2)16-18-28)34(41)25-40(29-19-20-31(36)32(37)23-29)45(43,44)30-13-9-6-10-14-30/h5-20,23,33H,3-4,21-22,24-25H2,1-2H3,(H,38,42)/t33-/m1/s1. The van der Waals surface area contributed by atoms with Gasteiger partial charge >= 0.3 is 0 Å². The number of hydrogen-bond donors (Lipinski definition) is 1. The summed E-state index contributed by atoms with van der Waals surface area (Å²) in [5, 5.41) is 3.38. The van der Waals surface area contributed by atoms with Crippen molar-refractivity contribution in [1.82, 2.24) is 10.2 Å². The van der Waals surface area contributed by atoms with Gasteiger partial charge in [0.05, 0.1) is 20.6 Å². The number of carbonyl (C=O) groups is 2. The van der Waals surface area contributed by atoms with Crippen LogP contribution in [0.4, 0.5) is 5.69 Å². The minimum absolute atomic E-state index is 0.00658. The third-order valence-electron chi connectivity index (χ3n) is 7.38. The van der Waals surface area contributed by atoms with E-state index in [0.717, 1.165) is 33.8 Å². The molecule has 0 saturated carbocycles. The van der Waals surface area contributed by atoms with Crippen LogP contribution in [-0.4, -0.2) is 44.3 Å². The molecule has 0 aliphatic heterocycles. The minimum atomic E-state index is -4.23. The van der Waals surface area contributed by atoms with Crippen LogP contribution in [0.25, 0.3) is 0 Å². The molecule has 0 aromatic heterocycles. The Morgan fingerprint density at radius 2 is 1.47 bits per heavy atom. The average Bonchev–Trinajstić information content (AvgIpc) is 3.04. The van der Waals surface area contributed by atoms with Crippen LogP contribution in [0.3, 0.4) is 0 Å². The van der Waals surface area contributed by atoms with E-state index >= 15 is 0 Å². The first-order valence-electron chi connectivity index (χ1n) is 14.8. The van der Waals surface area contributed by atoms with E-state index in [2.05, 4.69) is 5.32 Å². The lowest BCUT2D eigenvalue weighted by molar-refractivity contribution is -0.140. The first kappa shape index (κ1) is 34.0. The molecule has 10 heteroatoms. The number of aryl methyl sites for hydroxylation is 1. The molecule has 7 nitrogen and oxygen atoms in total. The van der Waals surface area contributed by atoms with Crippen molar-refractivity contribution in [2.75, 3.05) is 17.4 Å². The molecular weight excluding hydrogens is 629 g/mol. The molecule has 0 unspecified atom stereocenters. The first-order valence-corrected chi connectivity index (χ1v) is 17.0. The minimum Gasteiger partial charge on any atom is -0.354 e. The number of halogens is 2. The van der Waals surface area contributed by atoms with Gasteiger partial charge in [-0.2, -0.15) is 0 Å². The van der Waals surface area contributed by atoms with E-state index in [1.54, 1.807) is 18.2 Å². The molecule has 1 atom stereocenters. The average molecular weight is 667 g/mol. The van der Waals surface area contributed by atoms with Gasteiger partial charge in [0, 0.05) is 19.5 Å². The van der Waals surface area contributed by atoms with Crippen LogP contribution in [0.5, 0.6) is 0 Å². The van der Waals surface area contributed by atoms with Crippen LogP contribution in [0.1, 0.15) is 36.5 Å². The van der Waals surface area contributed by atoms with Gasteiger partial charge in [-0.25, -0.2) is 8.42 Å². The third kappa shape index (κ3) is 9.10. The molecule has 4 aromatic rings. The van der Waals surface area contributed by atoms with Gasteiger partial charge in [-0.15, -0.1) is 0 Å². The van der Waals surface area contributed by atoms with Crippen LogP contribution in [-0.2, 0) is 32.6 Å². The van der Waals surface area contributed by atoms with Gasteiger partial charge in [-0.3, -0.25) is 13.9 Å². The maximum atomic E-state index is 14.5. The Morgan fingerprint density at radius 3 is 2.09 bits per heavy atom. The highest BCUT2D eigenvalue weighted by Gasteiger charge is 2.34. The number of amides is 2. The maximum absolute atomic E-state index is 14.5. The summed E-state index contributed by atoms with van der Waals surface area (Å²) in [5.74, 6) is -0.854. The molecule has 4 rings (SSSR count). The van der Waals surface area contributed by atoms with Gasteiger partial charge in [0.1, 0.15) is 12.6 Å². The van der Waals surface area contributed by atoms with Gasteiger partial charge in [-0.05, 0) is 54.8 Å². The summed E-state index contributed by atoms with van der Waals surface area (Å²) in [5.41, 5.74) is 2.90. The Hall–Kier alpha value is -3.85. The number of benzene rings is 4. The van der Waals surface area contributed by atoms with Crippen molar-refractivity contribution in [2.24, 2.45) is 0 Å². The summed E-state index contributed by atoms with van der Waals surface area (Å²) < 4.78 is 29.1. The SMILES string of the molecule is CCCCNC(=O)[C@@H](Cc1ccccc1)N(Cc1ccc(C)cc1)C(=O)CN(c1ccc(Cl)c(Cl)c1)S(=O)(=O)c1ccccc1. The lowest BCUT2D eigenvalue weighted by Crippen LogP contribution is -2.53. The fourth-order valence-corrected chi connectivity index (χ4v) is 6.56. The number of unbranched alkanes of at least 4 members (excludes halogenated alkanes) is 1. The summed E-state index contributed by atoms with van der Waals surface area (Å²) >= 11 is 12.5. The molecule has 236 valence electrons. The Kier molecular flexibility index (Phi) is 12.0. The van der Waals surface area contributed by atoms with E-state index in [1.165, 1.54) is 35.2 Å². The van der Waals surface area contributed by atoms with Crippen molar-refractivity contribution in [1.29, 1.82) is 0 Å². The van der Waals surface area contributed by atoms with Crippen molar-refractivity contribution in [3.8, 4) is 0 Å². The smallest absolute Gasteiger partial charge is 0.264 e. The molecule has 0 radical (unpaired) electrons. The fraction of sp³-hybridized carbons (Fsp3) is 0.257. The van der Waals surface area contributed by atoms with Crippen molar-refractivity contribution >= 4 is 50.7 Å². The molecule has 0 aliphatic rings. The van der Waals surface area contributed by atoms with Crippen LogP contribution >= 0.6 is 23.2 Å². The summed E-state index contributed by atoms with van der Waals surface area (Å²) in [6, 6.07) is 28.5. The Labute approximate surface area is 275 Å². The molecule has 2 amide bonds. The van der Waals surface area contributed by atoms with E-state index in [1.807, 2.05) is 68.4 Å². The lowest BCUT2D eigenvalue weighted by Gasteiger charge is -2.34. The van der Waals surface area contributed by atoms with Gasteiger partial charge in [-0.1, -0.05) is 115 Å². The van der Waals surface area contributed by atoms with Gasteiger partial charge in [0.2, 0.25) is 11.8 Å². The van der Waals surface area contributed by atoms with Gasteiger partial charge < -0.3 is 10.2 Å². The van der Waals surface area contributed by atoms with E-state index in [9.17, 15) is 18.0 Å². The number of nitrogens with zero attached hydrogens (tertiary/aromatic N) is 2. The zero-order valence-corrected chi connectivity index (χ0v) is 27.7. The predicted molar refractivity (Wildman–Crippen MR) is 181 cm³/mol. The topological polar surface area (TPSA) is 86.8 Å². The van der Waals surface area contributed by atoms with Crippen LogP contribution in [0, 0.1) is 6.92 Å². The second-order valence-corrected chi connectivity index (χ2v) is 13.5. The Bertz CT molecular complexity index is 1690. The number of nitrogens with one attached hydrogen (secondary N) is 1. The van der Waals surface area contributed by atoms with Crippen molar-refractivity contribution in [3.63, 3.8) is 0 Å². The largest absolute Gasteiger partial charge is 0.354 e. The van der Waals surface area contributed by atoms with Crippen LogP contribution in [0.15, 0.2) is 108 Å². The molecule has 1 N–H and O–H groups in total. The maximum Gasteiger partial charge on any atom is 0.264 e. The molecule has 45 heavy (non-hydrogen) atoms. The number of rotatable bonds is 14.